The maximum Gasteiger partial charge on any atom is 0.277 e. The second-order valence-electron chi connectivity index (χ2n) is 4.05. The minimum absolute atomic E-state index is 0.193. The number of hydrazone groups is 1. The molecule has 0 unspecified atom stereocenters. The fraction of sp³-hybridized carbons (Fsp3) is 0.0714. The molecule has 0 radical (unpaired) electrons. The van der Waals surface area contributed by atoms with E-state index in [-0.39, 0.29) is 11.7 Å². The monoisotopic (exact) mass is 256 g/mol. The van der Waals surface area contributed by atoms with Crippen molar-refractivity contribution in [1.29, 1.82) is 0 Å². The van der Waals surface area contributed by atoms with Crippen LogP contribution in [0.15, 0.2) is 53.9 Å². The number of hydrogen-bond acceptors (Lipinski definition) is 3. The van der Waals surface area contributed by atoms with Crippen LogP contribution in [0.1, 0.15) is 15.9 Å². The van der Waals surface area contributed by atoms with Crippen molar-refractivity contribution in [3.8, 4) is 5.75 Å². The molecule has 2 N–H and O–H groups in total. The molecule has 0 bridgehead atoms. The summed E-state index contributed by atoms with van der Waals surface area (Å²) in [5, 5.41) is 13.0. The van der Waals surface area contributed by atoms with Crippen molar-refractivity contribution in [3.05, 3.63) is 59.9 Å². The average molecular weight is 256 g/mol. The van der Waals surface area contributed by atoms with Gasteiger partial charge in [-0.25, -0.2) is 9.99 Å². The van der Waals surface area contributed by atoms with E-state index in [0.717, 1.165) is 5.56 Å². The van der Waals surface area contributed by atoms with Gasteiger partial charge in [0, 0.05) is 6.07 Å². The number of pyridine rings is 1. The zero-order valence-electron chi connectivity index (χ0n) is 10.4. The van der Waals surface area contributed by atoms with Gasteiger partial charge in [-0.1, -0.05) is 0 Å². The Morgan fingerprint density at radius 3 is 2.74 bits per heavy atom. The summed E-state index contributed by atoms with van der Waals surface area (Å²) in [6, 6.07) is 10.0. The molecule has 0 fully saturated rings. The van der Waals surface area contributed by atoms with Gasteiger partial charge in [-0.3, -0.25) is 4.79 Å². The summed E-state index contributed by atoms with van der Waals surface area (Å²) in [6.07, 6.45) is 5.07. The average Bonchev–Trinajstić information content (AvgIpc) is 2.41. The first kappa shape index (κ1) is 12.8. The zero-order valence-corrected chi connectivity index (χ0v) is 10.4. The lowest BCUT2D eigenvalue weighted by Gasteiger charge is -1.98. The molecule has 0 aliphatic heterocycles. The first-order chi connectivity index (χ1) is 9.15. The molecule has 5 nitrogen and oxygen atoms in total. The first-order valence-corrected chi connectivity index (χ1v) is 5.73. The minimum Gasteiger partial charge on any atom is -0.508 e. The fourth-order valence-corrected chi connectivity index (χ4v) is 1.51. The molecule has 0 saturated carbocycles. The standard InChI is InChI=1S/C14H13N3O2/c1-17-8-2-3-12(10-17)14(19)16-15-9-11-4-6-13(18)7-5-11/h2-10H,1H3,(H-,15,16,18,19)/p+1. The van der Waals surface area contributed by atoms with Crippen molar-refractivity contribution < 1.29 is 14.5 Å². The number of aryl methyl sites for hydroxylation is 1. The van der Waals surface area contributed by atoms with E-state index in [4.69, 9.17) is 5.11 Å². The molecule has 0 aliphatic rings. The third-order valence-electron chi connectivity index (χ3n) is 2.47. The molecule has 1 aromatic carbocycles. The molecule has 2 rings (SSSR count). The number of hydrogen-bond donors (Lipinski definition) is 2. The molecule has 0 aliphatic carbocycles. The summed E-state index contributed by atoms with van der Waals surface area (Å²) in [5.74, 6) is -0.0794. The summed E-state index contributed by atoms with van der Waals surface area (Å²) in [7, 11) is 1.84. The van der Waals surface area contributed by atoms with Crippen LogP contribution in [0.25, 0.3) is 0 Å². The van der Waals surface area contributed by atoms with Gasteiger partial charge in [0.15, 0.2) is 12.4 Å². The Morgan fingerprint density at radius 1 is 1.32 bits per heavy atom. The molecule has 96 valence electrons. The van der Waals surface area contributed by atoms with E-state index in [9.17, 15) is 4.79 Å². The summed E-state index contributed by atoms with van der Waals surface area (Å²) in [4.78, 5) is 11.8. The van der Waals surface area contributed by atoms with Gasteiger partial charge in [0.1, 0.15) is 18.4 Å². The number of nitrogens with one attached hydrogen (secondary N) is 1. The number of carbonyl (C=O) groups is 1. The van der Waals surface area contributed by atoms with Crippen molar-refractivity contribution >= 4 is 12.1 Å². The maximum atomic E-state index is 11.8. The van der Waals surface area contributed by atoms with Crippen LogP contribution < -0.4 is 9.99 Å². The van der Waals surface area contributed by atoms with Crippen LogP contribution in [0.2, 0.25) is 0 Å². The predicted octanol–water partition coefficient (Wildman–Crippen LogP) is 0.981. The highest BCUT2D eigenvalue weighted by atomic mass is 16.3. The number of benzene rings is 1. The van der Waals surface area contributed by atoms with E-state index in [1.807, 2.05) is 13.2 Å². The quantitative estimate of drug-likeness (QED) is 0.488. The topological polar surface area (TPSA) is 65.6 Å². The Labute approximate surface area is 110 Å². The molecule has 0 spiro atoms. The van der Waals surface area contributed by atoms with E-state index >= 15 is 0 Å². The van der Waals surface area contributed by atoms with Crippen molar-refractivity contribution in [2.75, 3.05) is 0 Å². The van der Waals surface area contributed by atoms with E-state index < -0.39 is 0 Å². The van der Waals surface area contributed by atoms with Crippen LogP contribution in [0.4, 0.5) is 0 Å². The largest absolute Gasteiger partial charge is 0.508 e. The van der Waals surface area contributed by atoms with E-state index in [1.165, 1.54) is 6.21 Å². The van der Waals surface area contributed by atoms with E-state index in [2.05, 4.69) is 10.5 Å². The fourth-order valence-electron chi connectivity index (χ4n) is 1.51. The number of amides is 1. The van der Waals surface area contributed by atoms with Crippen molar-refractivity contribution in [2.45, 2.75) is 0 Å². The smallest absolute Gasteiger partial charge is 0.277 e. The molecule has 5 heteroatoms. The van der Waals surface area contributed by atoms with Gasteiger partial charge in [0.2, 0.25) is 0 Å². The van der Waals surface area contributed by atoms with Gasteiger partial charge >= 0.3 is 0 Å². The van der Waals surface area contributed by atoms with E-state index in [0.29, 0.717) is 5.56 Å². The number of aromatic nitrogens is 1. The van der Waals surface area contributed by atoms with Crippen molar-refractivity contribution in [2.24, 2.45) is 12.1 Å². The molecule has 0 atom stereocenters. The first-order valence-electron chi connectivity index (χ1n) is 5.73. The normalized spacial score (nSPS) is 10.6. The van der Waals surface area contributed by atoms with Crippen LogP contribution in [-0.4, -0.2) is 17.2 Å². The van der Waals surface area contributed by atoms with Crippen LogP contribution in [-0.2, 0) is 7.05 Å². The number of phenols is 1. The van der Waals surface area contributed by atoms with Gasteiger partial charge in [-0.2, -0.15) is 5.10 Å². The highest BCUT2D eigenvalue weighted by Crippen LogP contribution is 2.07. The predicted molar refractivity (Wildman–Crippen MR) is 70.8 cm³/mol. The highest BCUT2D eigenvalue weighted by molar-refractivity contribution is 5.94. The van der Waals surface area contributed by atoms with Gasteiger partial charge in [-0.05, 0) is 35.9 Å². The van der Waals surface area contributed by atoms with Gasteiger partial charge < -0.3 is 5.11 Å². The minimum atomic E-state index is -0.272. The summed E-state index contributed by atoms with van der Waals surface area (Å²) in [6.45, 7) is 0. The second kappa shape index (κ2) is 5.77. The van der Waals surface area contributed by atoms with Crippen LogP contribution in [0, 0.1) is 0 Å². The van der Waals surface area contributed by atoms with Crippen molar-refractivity contribution in [1.82, 2.24) is 5.43 Å². The Kier molecular flexibility index (Phi) is 3.87. The SMILES string of the molecule is C[n+]1cccc(C(=O)N/N=C\c2ccc(O)cc2)c1. The van der Waals surface area contributed by atoms with Crippen LogP contribution in [0.3, 0.4) is 0 Å². The third kappa shape index (κ3) is 3.64. The van der Waals surface area contributed by atoms with Crippen LogP contribution in [0.5, 0.6) is 5.75 Å². The number of aromatic hydroxyl groups is 1. The molecule has 1 amide bonds. The molecule has 1 aromatic heterocycles. The number of nitrogens with zero attached hydrogens (tertiary/aromatic N) is 2. The second-order valence-corrected chi connectivity index (χ2v) is 4.05. The van der Waals surface area contributed by atoms with Gasteiger partial charge in [0.25, 0.3) is 5.91 Å². The van der Waals surface area contributed by atoms with E-state index in [1.54, 1.807) is 47.2 Å². The molecule has 0 saturated heterocycles. The van der Waals surface area contributed by atoms with Gasteiger partial charge in [-0.15, -0.1) is 0 Å². The van der Waals surface area contributed by atoms with Crippen LogP contribution >= 0.6 is 0 Å². The number of rotatable bonds is 3. The lowest BCUT2D eigenvalue weighted by Crippen LogP contribution is -2.29. The molecular formula is C14H14N3O2+. The Hall–Kier alpha value is -2.69. The summed E-state index contributed by atoms with van der Waals surface area (Å²) in [5.41, 5.74) is 3.77. The molecule has 19 heavy (non-hydrogen) atoms. The number of phenolic OH excluding ortho intramolecular Hbond substituents is 1. The summed E-state index contributed by atoms with van der Waals surface area (Å²) >= 11 is 0. The highest BCUT2D eigenvalue weighted by Gasteiger charge is 2.07. The zero-order chi connectivity index (χ0) is 13.7. The molecule has 1 heterocycles. The Bertz CT molecular complexity index is 606. The van der Waals surface area contributed by atoms with Crippen molar-refractivity contribution in [3.63, 3.8) is 0 Å². The maximum absolute atomic E-state index is 11.8. The lowest BCUT2D eigenvalue weighted by molar-refractivity contribution is -0.671. The van der Waals surface area contributed by atoms with Gasteiger partial charge in [0.05, 0.1) is 6.21 Å². The lowest BCUT2D eigenvalue weighted by atomic mass is 10.2. The molecule has 2 aromatic rings. The summed E-state index contributed by atoms with van der Waals surface area (Å²) < 4.78 is 1.79. The Morgan fingerprint density at radius 2 is 2.05 bits per heavy atom. The Balaban J connectivity index is 1.98. The number of carbonyl (C=O) groups excluding carboxylic acids is 1. The molecular weight excluding hydrogens is 242 g/mol. The third-order valence-corrected chi connectivity index (χ3v) is 2.47.